The maximum Gasteiger partial charge on any atom is 0.0619 e. The van der Waals surface area contributed by atoms with Gasteiger partial charge >= 0.3 is 0 Å². The molecule has 0 N–H and O–H groups in total. The molecule has 2 heterocycles. The molecule has 2 heteroatoms. The van der Waals surface area contributed by atoms with Crippen LogP contribution in [-0.4, -0.2) is 4.57 Å². The molecular weight excluding hydrogens is 575 g/mol. The van der Waals surface area contributed by atoms with Crippen molar-refractivity contribution in [2.24, 2.45) is 0 Å². The highest BCUT2D eigenvalue weighted by atomic mass is 32.2. The zero-order valence-electron chi connectivity index (χ0n) is 24.9. The van der Waals surface area contributed by atoms with Gasteiger partial charge in [-0.3, -0.25) is 0 Å². The predicted octanol–water partition coefficient (Wildman–Crippen LogP) is 12.6. The summed E-state index contributed by atoms with van der Waals surface area (Å²) in [4.78, 5) is 2.65. The average molecular weight is 602 g/mol. The second-order valence-corrected chi connectivity index (χ2v) is 13.2. The van der Waals surface area contributed by atoms with Crippen LogP contribution in [0.5, 0.6) is 0 Å². The Labute approximate surface area is 271 Å². The van der Waals surface area contributed by atoms with Crippen LogP contribution in [0, 0.1) is 0 Å². The summed E-state index contributed by atoms with van der Waals surface area (Å²) in [6.07, 6.45) is 0. The van der Waals surface area contributed by atoms with Gasteiger partial charge in [-0.15, -0.1) is 0 Å². The van der Waals surface area contributed by atoms with E-state index in [1.165, 1.54) is 92.2 Å². The Morgan fingerprint density at radius 2 is 1.09 bits per heavy atom. The van der Waals surface area contributed by atoms with Crippen molar-refractivity contribution in [1.82, 2.24) is 4.57 Å². The summed E-state index contributed by atoms with van der Waals surface area (Å²) in [5.41, 5.74) is 11.3. The molecule has 1 aliphatic heterocycles. The second-order valence-electron chi connectivity index (χ2n) is 12.1. The minimum atomic E-state index is 1.18. The predicted molar refractivity (Wildman–Crippen MR) is 196 cm³/mol. The molecule has 214 valence electrons. The Morgan fingerprint density at radius 1 is 0.391 bits per heavy atom. The fourth-order valence-corrected chi connectivity index (χ4v) is 8.72. The van der Waals surface area contributed by atoms with Crippen LogP contribution in [0.15, 0.2) is 174 Å². The fraction of sp³-hybridized carbons (Fsp3) is 0. The van der Waals surface area contributed by atoms with E-state index in [9.17, 15) is 0 Å². The van der Waals surface area contributed by atoms with Crippen LogP contribution in [0.2, 0.25) is 0 Å². The summed E-state index contributed by atoms with van der Waals surface area (Å²) in [6, 6.07) is 60.2. The number of hydrogen-bond donors (Lipinski definition) is 0. The lowest BCUT2D eigenvalue weighted by atomic mass is 9.88. The molecule has 0 saturated heterocycles. The van der Waals surface area contributed by atoms with E-state index in [1.807, 2.05) is 11.8 Å². The number of fused-ring (bicyclic) bond motifs is 7. The Hall–Kier alpha value is -5.57. The number of hydrogen-bond acceptors (Lipinski definition) is 1. The molecule has 0 atom stereocenters. The zero-order chi connectivity index (χ0) is 30.2. The molecule has 1 aromatic heterocycles. The number of nitrogens with zero attached hydrogens (tertiary/aromatic N) is 1. The van der Waals surface area contributed by atoms with Gasteiger partial charge in [-0.2, -0.15) is 0 Å². The monoisotopic (exact) mass is 601 g/mol. The average Bonchev–Trinajstić information content (AvgIpc) is 3.46. The number of benzene rings is 8. The summed E-state index contributed by atoms with van der Waals surface area (Å²) in [5.74, 6) is 0. The van der Waals surface area contributed by atoms with Gasteiger partial charge in [0, 0.05) is 37.0 Å². The molecule has 0 saturated carbocycles. The quantitative estimate of drug-likeness (QED) is 0.195. The van der Waals surface area contributed by atoms with Gasteiger partial charge in [-0.1, -0.05) is 133 Å². The zero-order valence-corrected chi connectivity index (χ0v) is 25.8. The molecule has 0 radical (unpaired) electrons. The highest BCUT2D eigenvalue weighted by Gasteiger charge is 2.22. The third-order valence-electron chi connectivity index (χ3n) is 9.57. The van der Waals surface area contributed by atoms with E-state index in [1.54, 1.807) is 0 Å². The number of aromatic nitrogens is 1. The summed E-state index contributed by atoms with van der Waals surface area (Å²) in [6.45, 7) is 0. The van der Waals surface area contributed by atoms with Gasteiger partial charge in [0.1, 0.15) is 0 Å². The molecule has 0 unspecified atom stereocenters. The topological polar surface area (TPSA) is 4.93 Å². The van der Waals surface area contributed by atoms with Crippen LogP contribution in [-0.2, 0) is 0 Å². The van der Waals surface area contributed by atoms with Crippen LogP contribution >= 0.6 is 11.8 Å². The van der Waals surface area contributed by atoms with Gasteiger partial charge in [0.15, 0.2) is 0 Å². The molecule has 1 nitrogen and oxygen atoms in total. The minimum Gasteiger partial charge on any atom is -0.309 e. The van der Waals surface area contributed by atoms with Gasteiger partial charge in [0.25, 0.3) is 0 Å². The minimum absolute atomic E-state index is 1.18. The van der Waals surface area contributed by atoms with Gasteiger partial charge in [-0.25, -0.2) is 0 Å². The lowest BCUT2D eigenvalue weighted by molar-refractivity contribution is 1.19. The van der Waals surface area contributed by atoms with Crippen molar-refractivity contribution in [3.05, 3.63) is 164 Å². The molecular formula is C44H27NS. The lowest BCUT2D eigenvalue weighted by Crippen LogP contribution is -1.95. The third kappa shape index (κ3) is 3.71. The molecule has 0 fully saturated rings. The molecule has 10 rings (SSSR count). The maximum absolute atomic E-state index is 2.43. The molecule has 8 aromatic carbocycles. The summed E-state index contributed by atoms with van der Waals surface area (Å²) in [7, 11) is 0. The van der Waals surface area contributed by atoms with Gasteiger partial charge in [0.2, 0.25) is 0 Å². The molecule has 46 heavy (non-hydrogen) atoms. The summed E-state index contributed by atoms with van der Waals surface area (Å²) >= 11 is 1.88. The largest absolute Gasteiger partial charge is 0.309 e. The van der Waals surface area contributed by atoms with Crippen molar-refractivity contribution in [1.29, 1.82) is 0 Å². The van der Waals surface area contributed by atoms with Gasteiger partial charge < -0.3 is 4.57 Å². The van der Waals surface area contributed by atoms with Crippen molar-refractivity contribution in [2.45, 2.75) is 9.79 Å². The van der Waals surface area contributed by atoms with E-state index in [4.69, 9.17) is 0 Å². The van der Waals surface area contributed by atoms with Crippen LogP contribution < -0.4 is 0 Å². The van der Waals surface area contributed by atoms with E-state index in [-0.39, 0.29) is 0 Å². The van der Waals surface area contributed by atoms with Crippen molar-refractivity contribution >= 4 is 55.1 Å². The maximum atomic E-state index is 2.43. The van der Waals surface area contributed by atoms with Crippen molar-refractivity contribution in [3.8, 4) is 39.1 Å². The number of para-hydroxylation sites is 2. The number of rotatable bonds is 3. The SMILES string of the molecule is c1ccc(-n2c3ccccc3c3cc(-c4ccccc4-c4ccc5c(c4)-c4cccc6cccc(c46)S5)c4ccccc4c32)cc1. The van der Waals surface area contributed by atoms with Crippen molar-refractivity contribution in [3.63, 3.8) is 0 Å². The normalized spacial score (nSPS) is 12.3. The first-order chi connectivity index (χ1) is 22.8. The first-order valence-corrected chi connectivity index (χ1v) is 16.6. The van der Waals surface area contributed by atoms with Crippen LogP contribution in [0.1, 0.15) is 0 Å². The van der Waals surface area contributed by atoms with Gasteiger partial charge in [-0.05, 0) is 86.6 Å². The Kier molecular flexibility index (Phi) is 5.58. The van der Waals surface area contributed by atoms with E-state index in [2.05, 4.69) is 168 Å². The first kappa shape index (κ1) is 25.7. The molecule has 0 bridgehead atoms. The molecule has 0 amide bonds. The summed E-state index contributed by atoms with van der Waals surface area (Å²) in [5, 5.41) is 7.72. The Bertz CT molecular complexity index is 2660. The van der Waals surface area contributed by atoms with E-state index in [0.717, 1.165) is 0 Å². The third-order valence-corrected chi connectivity index (χ3v) is 10.7. The van der Waals surface area contributed by atoms with Gasteiger partial charge in [0.05, 0.1) is 11.0 Å². The van der Waals surface area contributed by atoms with E-state index >= 15 is 0 Å². The fourth-order valence-electron chi connectivity index (χ4n) is 7.59. The molecule has 0 spiro atoms. The molecule has 9 aromatic rings. The van der Waals surface area contributed by atoms with Crippen molar-refractivity contribution in [2.75, 3.05) is 0 Å². The van der Waals surface area contributed by atoms with Crippen molar-refractivity contribution < 1.29 is 0 Å². The Morgan fingerprint density at radius 3 is 1.96 bits per heavy atom. The first-order valence-electron chi connectivity index (χ1n) is 15.8. The van der Waals surface area contributed by atoms with Crippen LogP contribution in [0.4, 0.5) is 0 Å². The lowest BCUT2D eigenvalue weighted by Gasteiger charge is -2.21. The molecule has 1 aliphatic rings. The standard InChI is InChI=1S/C44H27NS/c1-2-14-30(15-3-1)45-40-22-9-8-19-34(40)39-27-37(33-18-6-7-20-36(33)44(39)45)32-17-5-4-16-31(32)29-24-25-41-38(26-29)35-21-10-12-28-13-11-23-42(46-41)43(28)35/h1-27H. The summed E-state index contributed by atoms with van der Waals surface area (Å²) < 4.78 is 2.43. The molecule has 0 aliphatic carbocycles. The smallest absolute Gasteiger partial charge is 0.0619 e. The highest BCUT2D eigenvalue weighted by Crippen LogP contribution is 2.50. The highest BCUT2D eigenvalue weighted by molar-refractivity contribution is 7.99. The second kappa shape index (κ2) is 9.97. The van der Waals surface area contributed by atoms with E-state index < -0.39 is 0 Å². The van der Waals surface area contributed by atoms with Crippen LogP contribution in [0.3, 0.4) is 0 Å². The van der Waals surface area contributed by atoms with E-state index in [0.29, 0.717) is 0 Å². The van der Waals surface area contributed by atoms with Crippen LogP contribution in [0.25, 0.3) is 82.4 Å². The Balaban J connectivity index is 1.24.